The molecule has 0 saturated carbocycles. The van der Waals surface area contributed by atoms with Gasteiger partial charge in [0.2, 0.25) is 0 Å². The number of nitrogens with one attached hydrogen (secondary N) is 1. The normalized spacial score (nSPS) is 20.5. The van der Waals surface area contributed by atoms with Crippen LogP contribution in [-0.4, -0.2) is 50.5 Å². The predicted molar refractivity (Wildman–Crippen MR) is 89.8 cm³/mol. The van der Waals surface area contributed by atoms with Crippen LogP contribution in [0.25, 0.3) is 0 Å². The number of hydrogen-bond donors (Lipinski definition) is 2. The summed E-state index contributed by atoms with van der Waals surface area (Å²) in [6.07, 6.45) is 4.07. The molecular weight excluding hydrogens is 292 g/mol. The molecule has 0 aromatic heterocycles. The Bertz CT molecular complexity index is 518. The van der Waals surface area contributed by atoms with E-state index in [1.54, 1.807) is 0 Å². The summed E-state index contributed by atoms with van der Waals surface area (Å²) in [6.45, 7) is 4.10. The molecular formula is C18H26N2O3. The second-order valence-corrected chi connectivity index (χ2v) is 6.69. The Morgan fingerprint density at radius 2 is 1.83 bits per heavy atom. The second-order valence-electron chi connectivity index (χ2n) is 6.69. The number of benzene rings is 1. The van der Waals surface area contributed by atoms with Crippen LogP contribution in [-0.2, 0) is 4.74 Å². The number of anilines is 1. The van der Waals surface area contributed by atoms with Crippen LogP contribution < -0.4 is 10.2 Å². The minimum absolute atomic E-state index is 0.0720. The van der Waals surface area contributed by atoms with Crippen molar-refractivity contribution in [3.8, 4) is 0 Å². The molecule has 2 aliphatic heterocycles. The highest BCUT2D eigenvalue weighted by Gasteiger charge is 2.32. The summed E-state index contributed by atoms with van der Waals surface area (Å²) >= 11 is 0. The van der Waals surface area contributed by atoms with Crippen LogP contribution in [0.15, 0.2) is 24.3 Å². The number of rotatable bonds is 5. The third-order valence-corrected chi connectivity index (χ3v) is 5.11. The number of aliphatic hydroxyl groups is 1. The Kier molecular flexibility index (Phi) is 5.18. The lowest BCUT2D eigenvalue weighted by atomic mass is 9.81. The molecule has 5 heteroatoms. The van der Waals surface area contributed by atoms with Crippen LogP contribution in [0.1, 0.15) is 36.0 Å². The molecule has 0 aliphatic carbocycles. The standard InChI is InChI=1S/C18H26N2O3/c21-14-18(7-11-23-12-8-18)13-19-17(22)15-3-5-16(6-4-15)20-9-1-2-10-20/h3-6,21H,1-2,7-14H2,(H,19,22). The molecule has 0 atom stereocenters. The number of carbonyl (C=O) groups is 1. The molecule has 2 heterocycles. The van der Waals surface area contributed by atoms with Gasteiger partial charge in [-0.15, -0.1) is 0 Å². The fourth-order valence-electron chi connectivity index (χ4n) is 3.36. The van der Waals surface area contributed by atoms with E-state index in [9.17, 15) is 9.90 Å². The Morgan fingerprint density at radius 3 is 2.43 bits per heavy atom. The van der Waals surface area contributed by atoms with Gasteiger partial charge in [0.25, 0.3) is 5.91 Å². The summed E-state index contributed by atoms with van der Waals surface area (Å²) in [6, 6.07) is 7.82. The third-order valence-electron chi connectivity index (χ3n) is 5.11. The number of aliphatic hydroxyl groups excluding tert-OH is 1. The van der Waals surface area contributed by atoms with Crippen molar-refractivity contribution in [1.29, 1.82) is 0 Å². The number of ether oxygens (including phenoxy) is 1. The lowest BCUT2D eigenvalue weighted by molar-refractivity contribution is -0.0146. The van der Waals surface area contributed by atoms with Crippen molar-refractivity contribution in [3.63, 3.8) is 0 Å². The van der Waals surface area contributed by atoms with Gasteiger partial charge in [-0.25, -0.2) is 0 Å². The van der Waals surface area contributed by atoms with Crippen molar-refractivity contribution < 1.29 is 14.6 Å². The molecule has 2 aliphatic rings. The quantitative estimate of drug-likeness (QED) is 0.869. The molecule has 1 aromatic rings. The molecule has 5 nitrogen and oxygen atoms in total. The Balaban J connectivity index is 1.57. The Hall–Kier alpha value is -1.59. The maximum Gasteiger partial charge on any atom is 0.251 e. The van der Waals surface area contributed by atoms with E-state index in [4.69, 9.17) is 4.74 Å². The number of hydrogen-bond acceptors (Lipinski definition) is 4. The average molecular weight is 318 g/mol. The van der Waals surface area contributed by atoms with Gasteiger partial charge in [0, 0.05) is 49.5 Å². The van der Waals surface area contributed by atoms with E-state index in [0.717, 1.165) is 25.9 Å². The van der Waals surface area contributed by atoms with Crippen LogP contribution >= 0.6 is 0 Å². The highest BCUT2D eigenvalue weighted by Crippen LogP contribution is 2.29. The monoisotopic (exact) mass is 318 g/mol. The van der Waals surface area contributed by atoms with E-state index in [-0.39, 0.29) is 17.9 Å². The van der Waals surface area contributed by atoms with Gasteiger partial charge in [0.15, 0.2) is 0 Å². The van der Waals surface area contributed by atoms with E-state index >= 15 is 0 Å². The zero-order chi connectivity index (χ0) is 16.1. The van der Waals surface area contributed by atoms with Crippen LogP contribution in [0.3, 0.4) is 0 Å². The molecule has 0 bridgehead atoms. The van der Waals surface area contributed by atoms with Crippen molar-refractivity contribution in [1.82, 2.24) is 5.32 Å². The van der Waals surface area contributed by atoms with Crippen LogP contribution in [0, 0.1) is 5.41 Å². The van der Waals surface area contributed by atoms with Crippen molar-refractivity contribution in [2.75, 3.05) is 44.4 Å². The lowest BCUT2D eigenvalue weighted by Crippen LogP contribution is -2.43. The van der Waals surface area contributed by atoms with Crippen molar-refractivity contribution in [2.24, 2.45) is 5.41 Å². The summed E-state index contributed by atoms with van der Waals surface area (Å²) < 4.78 is 5.35. The van der Waals surface area contributed by atoms with Gasteiger partial charge in [0.05, 0.1) is 6.61 Å². The average Bonchev–Trinajstić information content (AvgIpc) is 3.15. The lowest BCUT2D eigenvalue weighted by Gasteiger charge is -2.35. The van der Waals surface area contributed by atoms with Gasteiger partial charge < -0.3 is 20.1 Å². The first-order valence-corrected chi connectivity index (χ1v) is 8.54. The van der Waals surface area contributed by atoms with Crippen molar-refractivity contribution in [2.45, 2.75) is 25.7 Å². The topological polar surface area (TPSA) is 61.8 Å². The van der Waals surface area contributed by atoms with Gasteiger partial charge in [-0.3, -0.25) is 4.79 Å². The molecule has 2 fully saturated rings. The van der Waals surface area contributed by atoms with E-state index in [0.29, 0.717) is 25.3 Å². The first-order valence-electron chi connectivity index (χ1n) is 8.54. The first-order chi connectivity index (χ1) is 11.2. The summed E-state index contributed by atoms with van der Waals surface area (Å²) in [7, 11) is 0. The van der Waals surface area contributed by atoms with Gasteiger partial charge >= 0.3 is 0 Å². The fourth-order valence-corrected chi connectivity index (χ4v) is 3.36. The molecule has 0 radical (unpaired) electrons. The maximum atomic E-state index is 12.3. The van der Waals surface area contributed by atoms with E-state index in [1.165, 1.54) is 18.5 Å². The number of carbonyl (C=O) groups excluding carboxylic acids is 1. The smallest absolute Gasteiger partial charge is 0.251 e. The Morgan fingerprint density at radius 1 is 1.17 bits per heavy atom. The van der Waals surface area contributed by atoms with Gasteiger partial charge in [-0.05, 0) is 49.9 Å². The van der Waals surface area contributed by atoms with Gasteiger partial charge in [-0.2, -0.15) is 0 Å². The van der Waals surface area contributed by atoms with E-state index in [2.05, 4.69) is 10.2 Å². The SMILES string of the molecule is O=C(NCC1(CO)CCOCC1)c1ccc(N2CCCC2)cc1. The number of amides is 1. The first kappa shape index (κ1) is 16.3. The highest BCUT2D eigenvalue weighted by molar-refractivity contribution is 5.94. The van der Waals surface area contributed by atoms with Crippen molar-refractivity contribution in [3.05, 3.63) is 29.8 Å². The highest BCUT2D eigenvalue weighted by atomic mass is 16.5. The molecule has 1 amide bonds. The van der Waals surface area contributed by atoms with Gasteiger partial charge in [-0.1, -0.05) is 0 Å². The van der Waals surface area contributed by atoms with E-state index in [1.807, 2.05) is 24.3 Å². The fraction of sp³-hybridized carbons (Fsp3) is 0.611. The summed E-state index contributed by atoms with van der Waals surface area (Å²) in [5.74, 6) is -0.0720. The summed E-state index contributed by atoms with van der Waals surface area (Å²) in [5, 5.41) is 12.7. The zero-order valence-electron chi connectivity index (χ0n) is 13.6. The zero-order valence-corrected chi connectivity index (χ0v) is 13.6. The molecule has 0 unspecified atom stereocenters. The van der Waals surface area contributed by atoms with Gasteiger partial charge in [0.1, 0.15) is 0 Å². The van der Waals surface area contributed by atoms with Crippen LogP contribution in [0.4, 0.5) is 5.69 Å². The largest absolute Gasteiger partial charge is 0.396 e. The van der Waals surface area contributed by atoms with E-state index < -0.39 is 0 Å². The summed E-state index contributed by atoms with van der Waals surface area (Å²) in [4.78, 5) is 14.7. The molecule has 126 valence electrons. The maximum absolute atomic E-state index is 12.3. The predicted octanol–water partition coefficient (Wildman–Crippen LogP) is 1.81. The van der Waals surface area contributed by atoms with Crippen LogP contribution in [0.2, 0.25) is 0 Å². The molecule has 0 spiro atoms. The van der Waals surface area contributed by atoms with Crippen LogP contribution in [0.5, 0.6) is 0 Å². The van der Waals surface area contributed by atoms with Crippen molar-refractivity contribution >= 4 is 11.6 Å². The molecule has 1 aromatic carbocycles. The summed E-state index contributed by atoms with van der Waals surface area (Å²) in [5.41, 5.74) is 1.63. The molecule has 2 saturated heterocycles. The minimum atomic E-state index is -0.233. The minimum Gasteiger partial charge on any atom is -0.396 e. The molecule has 23 heavy (non-hydrogen) atoms. The molecule has 2 N–H and O–H groups in total. The third kappa shape index (κ3) is 3.85. The molecule has 3 rings (SSSR count). The Labute approximate surface area is 137 Å². The second kappa shape index (κ2) is 7.32. The number of nitrogens with zero attached hydrogens (tertiary/aromatic N) is 1.